The number of halogens is 1. The molecule has 5 heteroatoms. The van der Waals surface area contributed by atoms with E-state index in [2.05, 4.69) is 13.8 Å². The van der Waals surface area contributed by atoms with Crippen molar-refractivity contribution in [3.63, 3.8) is 0 Å². The fourth-order valence-corrected chi connectivity index (χ4v) is 2.01. The standard InChI is InChI=1S/C11H18N3O.HI/c1-9-6-14(7-10(9)2)11(15)13-5-4-12(3)8-13;/h4-5,8-10H,6-7H2,1-3H3;1H/q+1;/p-1. The summed E-state index contributed by atoms with van der Waals surface area (Å²) in [7, 11) is 1.92. The molecule has 0 saturated carbocycles. The number of rotatable bonds is 0. The van der Waals surface area contributed by atoms with Gasteiger partial charge in [0, 0.05) is 13.1 Å². The van der Waals surface area contributed by atoms with Crippen LogP contribution < -0.4 is 28.5 Å². The van der Waals surface area contributed by atoms with Crippen molar-refractivity contribution in [1.29, 1.82) is 0 Å². The maximum Gasteiger partial charge on any atom is 0.415 e. The molecule has 1 aromatic heterocycles. The highest BCUT2D eigenvalue weighted by molar-refractivity contribution is 5.76. The molecule has 2 rings (SSSR count). The molecular weight excluding hydrogens is 317 g/mol. The Kier molecular flexibility index (Phi) is 4.35. The summed E-state index contributed by atoms with van der Waals surface area (Å²) in [5, 5.41) is 0. The molecular formula is C11H18IN3O. The van der Waals surface area contributed by atoms with Crippen LogP contribution in [0.4, 0.5) is 4.79 Å². The molecule has 1 aliphatic heterocycles. The first-order valence-electron chi connectivity index (χ1n) is 5.40. The maximum absolute atomic E-state index is 12.0. The van der Waals surface area contributed by atoms with Crippen LogP contribution in [0.15, 0.2) is 18.7 Å². The number of hydrogen-bond acceptors (Lipinski definition) is 1. The van der Waals surface area contributed by atoms with Gasteiger partial charge in [0.2, 0.25) is 0 Å². The maximum atomic E-state index is 12.0. The predicted molar refractivity (Wildman–Crippen MR) is 56.3 cm³/mol. The molecule has 0 aromatic carbocycles. The van der Waals surface area contributed by atoms with Crippen LogP contribution in [0, 0.1) is 11.8 Å². The fraction of sp³-hybridized carbons (Fsp3) is 0.636. The van der Waals surface area contributed by atoms with Gasteiger partial charge in [-0.05, 0) is 11.8 Å². The Labute approximate surface area is 113 Å². The van der Waals surface area contributed by atoms with Gasteiger partial charge >= 0.3 is 6.03 Å². The van der Waals surface area contributed by atoms with Crippen molar-refractivity contribution >= 4 is 6.03 Å². The van der Waals surface area contributed by atoms with Crippen molar-refractivity contribution in [2.24, 2.45) is 18.9 Å². The van der Waals surface area contributed by atoms with E-state index in [9.17, 15) is 4.79 Å². The first-order chi connectivity index (χ1) is 7.08. The van der Waals surface area contributed by atoms with E-state index in [1.54, 1.807) is 17.1 Å². The van der Waals surface area contributed by atoms with Crippen LogP contribution in [0.2, 0.25) is 0 Å². The molecule has 1 aliphatic rings. The smallest absolute Gasteiger partial charge is 0.415 e. The minimum atomic E-state index is 0. The Morgan fingerprint density at radius 2 is 1.88 bits per heavy atom. The quantitative estimate of drug-likeness (QED) is 0.394. The summed E-state index contributed by atoms with van der Waals surface area (Å²) in [6, 6.07) is 0.0896. The lowest BCUT2D eigenvalue weighted by Crippen LogP contribution is -3.00. The zero-order chi connectivity index (χ0) is 11.0. The van der Waals surface area contributed by atoms with E-state index in [0.29, 0.717) is 11.8 Å². The predicted octanol–water partition coefficient (Wildman–Crippen LogP) is -2.13. The summed E-state index contributed by atoms with van der Waals surface area (Å²) in [4.78, 5) is 14.0. The van der Waals surface area contributed by atoms with Gasteiger partial charge < -0.3 is 28.9 Å². The van der Waals surface area contributed by atoms with E-state index in [-0.39, 0.29) is 30.0 Å². The van der Waals surface area contributed by atoms with Crippen molar-refractivity contribution in [2.45, 2.75) is 13.8 Å². The number of amides is 1. The Hall–Kier alpha value is -0.590. The van der Waals surface area contributed by atoms with Crippen molar-refractivity contribution in [3.05, 3.63) is 18.7 Å². The van der Waals surface area contributed by atoms with E-state index in [0.717, 1.165) is 13.1 Å². The number of imidazole rings is 1. The number of aryl methyl sites for hydroxylation is 1. The number of carbonyl (C=O) groups is 1. The van der Waals surface area contributed by atoms with Crippen molar-refractivity contribution in [1.82, 2.24) is 9.47 Å². The Bertz CT molecular complexity index is 367. The van der Waals surface area contributed by atoms with E-state index < -0.39 is 0 Å². The Morgan fingerprint density at radius 3 is 2.31 bits per heavy atom. The molecule has 0 bridgehead atoms. The topological polar surface area (TPSA) is 29.1 Å². The molecule has 0 aliphatic carbocycles. The molecule has 1 saturated heterocycles. The van der Waals surface area contributed by atoms with Crippen LogP contribution in [-0.4, -0.2) is 28.6 Å². The zero-order valence-electron chi connectivity index (χ0n) is 9.93. The summed E-state index contributed by atoms with van der Waals surface area (Å²) in [6.45, 7) is 6.16. The average Bonchev–Trinajstić information content (AvgIpc) is 2.74. The lowest BCUT2D eigenvalue weighted by molar-refractivity contribution is -0.670. The van der Waals surface area contributed by atoms with Crippen LogP contribution in [0.3, 0.4) is 0 Å². The highest BCUT2D eigenvalue weighted by atomic mass is 127. The third kappa shape index (κ3) is 2.56. The summed E-state index contributed by atoms with van der Waals surface area (Å²) >= 11 is 0. The number of aromatic nitrogens is 2. The molecule has 16 heavy (non-hydrogen) atoms. The molecule has 2 unspecified atom stereocenters. The largest absolute Gasteiger partial charge is 1.00 e. The van der Waals surface area contributed by atoms with E-state index in [4.69, 9.17) is 0 Å². The van der Waals surface area contributed by atoms with Gasteiger partial charge in [0.15, 0.2) is 0 Å². The van der Waals surface area contributed by atoms with Crippen LogP contribution >= 0.6 is 0 Å². The summed E-state index contributed by atoms with van der Waals surface area (Å²) < 4.78 is 3.52. The Balaban J connectivity index is 0.00000128. The van der Waals surface area contributed by atoms with E-state index in [1.165, 1.54) is 0 Å². The number of carbonyl (C=O) groups excluding carboxylic acids is 1. The molecule has 1 aromatic rings. The molecule has 90 valence electrons. The third-order valence-corrected chi connectivity index (χ3v) is 3.25. The van der Waals surface area contributed by atoms with Crippen LogP contribution in [-0.2, 0) is 7.05 Å². The van der Waals surface area contributed by atoms with Crippen LogP contribution in [0.1, 0.15) is 13.8 Å². The lowest BCUT2D eigenvalue weighted by Gasteiger charge is -2.11. The van der Waals surface area contributed by atoms with Crippen LogP contribution in [0.25, 0.3) is 0 Å². The molecule has 2 heterocycles. The first-order valence-corrected chi connectivity index (χ1v) is 5.40. The normalized spacial score (nSPS) is 24.3. The van der Waals surface area contributed by atoms with Crippen LogP contribution in [0.5, 0.6) is 0 Å². The molecule has 2 atom stereocenters. The summed E-state index contributed by atoms with van der Waals surface area (Å²) in [6.07, 6.45) is 5.48. The molecule has 0 spiro atoms. The van der Waals surface area contributed by atoms with Gasteiger partial charge in [0.05, 0.1) is 7.05 Å². The van der Waals surface area contributed by atoms with Gasteiger partial charge in [0.1, 0.15) is 12.4 Å². The monoisotopic (exact) mass is 335 g/mol. The minimum Gasteiger partial charge on any atom is -1.00 e. The van der Waals surface area contributed by atoms with Gasteiger partial charge in [-0.3, -0.25) is 0 Å². The van der Waals surface area contributed by atoms with Gasteiger partial charge in [-0.15, -0.1) is 0 Å². The molecule has 4 nitrogen and oxygen atoms in total. The van der Waals surface area contributed by atoms with Crippen molar-refractivity contribution in [3.8, 4) is 0 Å². The number of hydrogen-bond donors (Lipinski definition) is 0. The van der Waals surface area contributed by atoms with E-state index in [1.807, 2.05) is 22.7 Å². The lowest BCUT2D eigenvalue weighted by atomic mass is 10.0. The van der Waals surface area contributed by atoms with Gasteiger partial charge in [-0.25, -0.2) is 9.36 Å². The zero-order valence-corrected chi connectivity index (χ0v) is 12.1. The fourth-order valence-electron chi connectivity index (χ4n) is 2.01. The summed E-state index contributed by atoms with van der Waals surface area (Å²) in [5.41, 5.74) is 0. The second-order valence-corrected chi connectivity index (χ2v) is 4.63. The van der Waals surface area contributed by atoms with Gasteiger partial charge in [0.25, 0.3) is 6.33 Å². The molecule has 0 radical (unpaired) electrons. The third-order valence-electron chi connectivity index (χ3n) is 3.25. The van der Waals surface area contributed by atoms with E-state index >= 15 is 0 Å². The highest BCUT2D eigenvalue weighted by Gasteiger charge is 2.32. The molecule has 1 fully saturated rings. The highest BCUT2D eigenvalue weighted by Crippen LogP contribution is 2.22. The average molecular weight is 335 g/mol. The number of nitrogens with zero attached hydrogens (tertiary/aromatic N) is 3. The Morgan fingerprint density at radius 1 is 1.31 bits per heavy atom. The molecule has 1 amide bonds. The van der Waals surface area contributed by atoms with Gasteiger partial charge in [-0.2, -0.15) is 4.57 Å². The summed E-state index contributed by atoms with van der Waals surface area (Å²) in [5.74, 6) is 1.22. The molecule has 0 N–H and O–H groups in total. The second-order valence-electron chi connectivity index (χ2n) is 4.63. The second kappa shape index (κ2) is 5.16. The minimum absolute atomic E-state index is 0. The van der Waals surface area contributed by atoms with Gasteiger partial charge in [-0.1, -0.05) is 13.8 Å². The first kappa shape index (κ1) is 13.5. The SMILES string of the molecule is CC1CN(C(=O)n2cc[n+](C)c2)CC1C.[I-]. The van der Waals surface area contributed by atoms with Crippen molar-refractivity contribution < 1.29 is 33.3 Å². The number of likely N-dealkylation sites (tertiary alicyclic amines) is 1. The van der Waals surface area contributed by atoms with Crippen molar-refractivity contribution in [2.75, 3.05) is 13.1 Å².